The third-order valence-electron chi connectivity index (χ3n) is 1.88. The molecule has 0 saturated carbocycles. The Labute approximate surface area is 88.8 Å². The Hall–Kier alpha value is -2.05. The first-order chi connectivity index (χ1) is 7.45. The van der Waals surface area contributed by atoms with Crippen molar-refractivity contribution in [3.05, 3.63) is 39.4 Å². The van der Waals surface area contributed by atoms with E-state index in [0.717, 1.165) is 7.11 Å². The maximum Gasteiger partial charge on any atom is 0.310 e. The van der Waals surface area contributed by atoms with Gasteiger partial charge in [0.05, 0.1) is 24.5 Å². The summed E-state index contributed by atoms with van der Waals surface area (Å²) in [5, 5.41) is 10.3. The zero-order valence-corrected chi connectivity index (χ0v) is 8.20. The number of benzene rings is 1. The van der Waals surface area contributed by atoms with Crippen LogP contribution in [0.1, 0.15) is 5.56 Å². The Balaban J connectivity index is 3.10. The number of nitro benzene ring substituents is 1. The number of carbonyl (C=O) groups is 1. The van der Waals surface area contributed by atoms with Crippen molar-refractivity contribution >= 4 is 11.7 Å². The molecule has 0 N–H and O–H groups in total. The quantitative estimate of drug-likeness (QED) is 0.450. The molecule has 0 heterocycles. The molecule has 0 atom stereocenters. The molecule has 0 aliphatic rings. The number of esters is 1. The van der Waals surface area contributed by atoms with E-state index in [0.29, 0.717) is 12.1 Å². The van der Waals surface area contributed by atoms with Crippen LogP contribution in [-0.4, -0.2) is 18.0 Å². The van der Waals surface area contributed by atoms with Crippen molar-refractivity contribution in [1.29, 1.82) is 0 Å². The molecule has 0 fully saturated rings. The van der Waals surface area contributed by atoms with Crippen LogP contribution in [0.5, 0.6) is 0 Å². The molecule has 0 spiro atoms. The molecule has 5 nitrogen and oxygen atoms in total. The average Bonchev–Trinajstić information content (AvgIpc) is 2.22. The second-order valence-electron chi connectivity index (χ2n) is 2.91. The van der Waals surface area contributed by atoms with Gasteiger partial charge >= 0.3 is 11.7 Å². The van der Waals surface area contributed by atoms with Crippen LogP contribution in [0.3, 0.4) is 0 Å². The van der Waals surface area contributed by atoms with Crippen LogP contribution in [-0.2, 0) is 16.0 Å². The molecule has 16 heavy (non-hydrogen) atoms. The largest absolute Gasteiger partial charge is 0.469 e. The Morgan fingerprint density at radius 3 is 2.56 bits per heavy atom. The van der Waals surface area contributed by atoms with E-state index in [1.165, 1.54) is 0 Å². The highest BCUT2D eigenvalue weighted by Gasteiger charge is 2.19. The van der Waals surface area contributed by atoms with E-state index in [2.05, 4.69) is 4.74 Å². The van der Waals surface area contributed by atoms with Gasteiger partial charge in [-0.1, -0.05) is 0 Å². The molecule has 86 valence electrons. The molecule has 0 aromatic heterocycles. The summed E-state index contributed by atoms with van der Waals surface area (Å²) in [7, 11) is 1.10. The number of ether oxygens (including phenoxy) is 1. The molecule has 0 aliphatic carbocycles. The summed E-state index contributed by atoms with van der Waals surface area (Å²) in [4.78, 5) is 20.0. The summed E-state index contributed by atoms with van der Waals surface area (Å²) in [5.74, 6) is -2.96. The van der Waals surface area contributed by atoms with Gasteiger partial charge < -0.3 is 4.74 Å². The minimum Gasteiger partial charge on any atom is -0.469 e. The van der Waals surface area contributed by atoms with E-state index in [1.54, 1.807) is 0 Å². The van der Waals surface area contributed by atoms with Gasteiger partial charge in [-0.25, -0.2) is 4.39 Å². The lowest BCUT2D eigenvalue weighted by atomic mass is 10.1. The summed E-state index contributed by atoms with van der Waals surface area (Å²) in [5.41, 5.74) is -1.25. The zero-order chi connectivity index (χ0) is 12.3. The van der Waals surface area contributed by atoms with Crippen LogP contribution in [0.15, 0.2) is 12.1 Å². The molecule has 0 unspecified atom stereocenters. The molecule has 0 radical (unpaired) electrons. The molecule has 0 bridgehead atoms. The van der Waals surface area contributed by atoms with E-state index in [-0.39, 0.29) is 5.56 Å². The standard InChI is InChI=1S/C9H7F2NO4/c1-16-9(13)3-5-2-7(11)8(12(14)15)4-6(5)10/h2,4H,3H2,1H3. The van der Waals surface area contributed by atoms with Crippen LogP contribution in [0.4, 0.5) is 14.5 Å². The molecule has 1 aromatic rings. The fourth-order valence-electron chi connectivity index (χ4n) is 1.08. The van der Waals surface area contributed by atoms with E-state index in [9.17, 15) is 23.7 Å². The molecular weight excluding hydrogens is 224 g/mol. The Bertz CT molecular complexity index is 447. The topological polar surface area (TPSA) is 69.4 Å². The lowest BCUT2D eigenvalue weighted by molar-refractivity contribution is -0.387. The van der Waals surface area contributed by atoms with E-state index in [4.69, 9.17) is 0 Å². The predicted octanol–water partition coefficient (Wildman–Crippen LogP) is 1.59. The van der Waals surface area contributed by atoms with Gasteiger partial charge in [0, 0.05) is 5.56 Å². The third kappa shape index (κ3) is 2.50. The van der Waals surface area contributed by atoms with Crippen LogP contribution < -0.4 is 0 Å². The third-order valence-corrected chi connectivity index (χ3v) is 1.88. The molecule has 0 saturated heterocycles. The van der Waals surface area contributed by atoms with Crippen molar-refractivity contribution < 1.29 is 23.2 Å². The van der Waals surface area contributed by atoms with E-state index >= 15 is 0 Å². The molecule has 1 aromatic carbocycles. The number of rotatable bonds is 3. The summed E-state index contributed by atoms with van der Waals surface area (Å²) >= 11 is 0. The van der Waals surface area contributed by atoms with Gasteiger partial charge in [-0.05, 0) is 6.07 Å². The number of hydrogen-bond donors (Lipinski definition) is 0. The number of methoxy groups -OCH3 is 1. The first kappa shape index (κ1) is 12.0. The minimum atomic E-state index is -1.19. The van der Waals surface area contributed by atoms with Gasteiger partial charge in [0.15, 0.2) is 0 Å². The van der Waals surface area contributed by atoms with Crippen LogP contribution in [0.2, 0.25) is 0 Å². The van der Waals surface area contributed by atoms with Gasteiger partial charge in [0.1, 0.15) is 5.82 Å². The van der Waals surface area contributed by atoms with E-state index in [1.807, 2.05) is 0 Å². The monoisotopic (exact) mass is 231 g/mol. The fraction of sp³-hybridized carbons (Fsp3) is 0.222. The van der Waals surface area contributed by atoms with Crippen LogP contribution in [0, 0.1) is 21.7 Å². The summed E-state index contributed by atoms with van der Waals surface area (Å²) in [6.45, 7) is 0. The van der Waals surface area contributed by atoms with E-state index < -0.39 is 34.6 Å². The molecule has 1 rings (SSSR count). The van der Waals surface area contributed by atoms with Gasteiger partial charge in [0.2, 0.25) is 5.82 Å². The van der Waals surface area contributed by atoms with Crippen molar-refractivity contribution in [2.45, 2.75) is 6.42 Å². The minimum absolute atomic E-state index is 0.282. The molecular formula is C9H7F2NO4. The molecule has 0 amide bonds. The number of halogens is 2. The molecule has 7 heteroatoms. The average molecular weight is 231 g/mol. The summed E-state index contributed by atoms with van der Waals surface area (Å²) in [6, 6.07) is 1.05. The van der Waals surface area contributed by atoms with Crippen molar-refractivity contribution in [1.82, 2.24) is 0 Å². The Morgan fingerprint density at radius 1 is 1.44 bits per heavy atom. The van der Waals surface area contributed by atoms with Gasteiger partial charge in [-0.2, -0.15) is 4.39 Å². The van der Waals surface area contributed by atoms with Crippen molar-refractivity contribution in [2.75, 3.05) is 7.11 Å². The van der Waals surface area contributed by atoms with Gasteiger partial charge in [-0.15, -0.1) is 0 Å². The summed E-state index contributed by atoms with van der Waals surface area (Å²) in [6.07, 6.45) is -0.475. The Morgan fingerprint density at radius 2 is 2.06 bits per heavy atom. The second-order valence-corrected chi connectivity index (χ2v) is 2.91. The lowest BCUT2D eigenvalue weighted by Crippen LogP contribution is -2.07. The van der Waals surface area contributed by atoms with Crippen LogP contribution in [0.25, 0.3) is 0 Å². The summed E-state index contributed by atoms with van der Waals surface area (Å²) < 4.78 is 30.5. The predicted molar refractivity (Wildman–Crippen MR) is 48.7 cm³/mol. The van der Waals surface area contributed by atoms with Crippen LogP contribution >= 0.6 is 0 Å². The number of nitro groups is 1. The highest BCUT2D eigenvalue weighted by atomic mass is 19.1. The number of nitrogens with zero attached hydrogens (tertiary/aromatic N) is 1. The second kappa shape index (κ2) is 4.65. The normalized spacial score (nSPS) is 9.94. The number of carbonyl (C=O) groups excluding carboxylic acids is 1. The molecule has 0 aliphatic heterocycles. The maximum atomic E-state index is 13.2. The number of hydrogen-bond acceptors (Lipinski definition) is 4. The first-order valence-corrected chi connectivity index (χ1v) is 4.15. The van der Waals surface area contributed by atoms with Gasteiger partial charge in [-0.3, -0.25) is 14.9 Å². The Kier molecular flexibility index (Phi) is 3.49. The van der Waals surface area contributed by atoms with Gasteiger partial charge in [0.25, 0.3) is 0 Å². The van der Waals surface area contributed by atoms with Crippen molar-refractivity contribution in [3.8, 4) is 0 Å². The lowest BCUT2D eigenvalue weighted by Gasteiger charge is -2.02. The fourth-order valence-corrected chi connectivity index (χ4v) is 1.08. The van der Waals surface area contributed by atoms with Crippen molar-refractivity contribution in [3.63, 3.8) is 0 Å². The highest BCUT2D eigenvalue weighted by Crippen LogP contribution is 2.21. The smallest absolute Gasteiger partial charge is 0.310 e. The van der Waals surface area contributed by atoms with Crippen molar-refractivity contribution in [2.24, 2.45) is 0 Å². The SMILES string of the molecule is COC(=O)Cc1cc(F)c([N+](=O)[O-])cc1F. The zero-order valence-electron chi connectivity index (χ0n) is 8.20. The maximum absolute atomic E-state index is 13.2. The highest BCUT2D eigenvalue weighted by molar-refractivity contribution is 5.72. The first-order valence-electron chi connectivity index (χ1n) is 4.15.